The molecule has 0 saturated heterocycles. The Labute approximate surface area is 143 Å². The Hall–Kier alpha value is -1.86. The van der Waals surface area contributed by atoms with E-state index in [4.69, 9.17) is 16.3 Å². The number of carbonyl (C=O) groups is 2. The lowest BCUT2D eigenvalue weighted by Gasteiger charge is -2.19. The highest BCUT2D eigenvalue weighted by atomic mass is 35.5. The molecule has 6 nitrogen and oxygen atoms in total. The Morgan fingerprint density at radius 3 is 2.83 bits per heavy atom. The van der Waals surface area contributed by atoms with Gasteiger partial charge >= 0.3 is 6.09 Å². The van der Waals surface area contributed by atoms with Crippen LogP contribution in [0, 0.1) is 0 Å². The van der Waals surface area contributed by atoms with Crippen molar-refractivity contribution < 1.29 is 14.3 Å². The van der Waals surface area contributed by atoms with Crippen molar-refractivity contribution in [3.63, 3.8) is 0 Å². The average molecular weight is 356 g/mol. The number of anilines is 1. The van der Waals surface area contributed by atoms with E-state index in [-0.39, 0.29) is 17.6 Å². The molecule has 2 N–H and O–H groups in total. The summed E-state index contributed by atoms with van der Waals surface area (Å²) in [5.41, 5.74) is -0.376. The second-order valence-corrected chi connectivity index (χ2v) is 7.20. The highest BCUT2D eigenvalue weighted by molar-refractivity contribution is 7.14. The normalized spacial score (nSPS) is 17.4. The molecule has 8 heteroatoms. The van der Waals surface area contributed by atoms with Gasteiger partial charge in [0.1, 0.15) is 11.3 Å². The summed E-state index contributed by atoms with van der Waals surface area (Å²) in [6.45, 7) is 5.30. The summed E-state index contributed by atoms with van der Waals surface area (Å²) >= 11 is 7.20. The zero-order valence-corrected chi connectivity index (χ0v) is 14.6. The molecule has 2 rings (SSSR count). The molecule has 1 heterocycles. The monoisotopic (exact) mass is 355 g/mol. The number of halogens is 1. The van der Waals surface area contributed by atoms with Crippen LogP contribution in [0.2, 0.25) is 0 Å². The Balaban J connectivity index is 1.93. The van der Waals surface area contributed by atoms with Crippen LogP contribution in [0.4, 0.5) is 9.93 Å². The van der Waals surface area contributed by atoms with Crippen molar-refractivity contribution >= 4 is 40.1 Å². The van der Waals surface area contributed by atoms with Crippen molar-refractivity contribution in [1.82, 2.24) is 10.3 Å². The number of amides is 2. The van der Waals surface area contributed by atoms with E-state index >= 15 is 0 Å². The molecule has 0 spiro atoms. The summed E-state index contributed by atoms with van der Waals surface area (Å²) in [6, 6.07) is -0.252. The van der Waals surface area contributed by atoms with Crippen molar-refractivity contribution in [1.29, 1.82) is 0 Å². The van der Waals surface area contributed by atoms with Crippen LogP contribution in [0.25, 0.3) is 0 Å². The first-order chi connectivity index (χ1) is 10.7. The van der Waals surface area contributed by atoms with Gasteiger partial charge in [0.05, 0.1) is 6.04 Å². The van der Waals surface area contributed by atoms with Gasteiger partial charge in [-0.1, -0.05) is 23.8 Å². The largest absolute Gasteiger partial charge is 0.444 e. The van der Waals surface area contributed by atoms with E-state index in [2.05, 4.69) is 15.6 Å². The Morgan fingerprint density at radius 2 is 2.17 bits per heavy atom. The van der Waals surface area contributed by atoms with Crippen molar-refractivity contribution in [2.45, 2.75) is 38.8 Å². The number of thiazole rings is 1. The van der Waals surface area contributed by atoms with E-state index in [1.165, 1.54) is 0 Å². The minimum atomic E-state index is -0.609. The second-order valence-electron chi connectivity index (χ2n) is 5.91. The smallest absolute Gasteiger partial charge is 0.413 e. The van der Waals surface area contributed by atoms with Gasteiger partial charge in [-0.2, -0.15) is 0 Å². The summed E-state index contributed by atoms with van der Waals surface area (Å²) in [6.07, 6.45) is 5.53. The first kappa shape index (κ1) is 17.5. The fourth-order valence-electron chi connectivity index (χ4n) is 1.79. The number of nitrogens with one attached hydrogen (secondary N) is 2. The molecule has 124 valence electrons. The zero-order valence-electron chi connectivity index (χ0n) is 13.1. The summed E-state index contributed by atoms with van der Waals surface area (Å²) in [7, 11) is 0. The fourth-order valence-corrected chi connectivity index (χ4v) is 2.68. The minimum Gasteiger partial charge on any atom is -0.444 e. The average Bonchev–Trinajstić information content (AvgIpc) is 2.87. The minimum absolute atomic E-state index is 0.222. The highest BCUT2D eigenvalue weighted by Crippen LogP contribution is 2.20. The molecule has 1 unspecified atom stereocenters. The van der Waals surface area contributed by atoms with Crippen LogP contribution in [0.1, 0.15) is 37.7 Å². The van der Waals surface area contributed by atoms with E-state index in [0.717, 1.165) is 11.3 Å². The molecule has 1 atom stereocenters. The lowest BCUT2D eigenvalue weighted by Crippen LogP contribution is -2.35. The highest BCUT2D eigenvalue weighted by Gasteiger charge is 2.21. The van der Waals surface area contributed by atoms with E-state index in [1.54, 1.807) is 32.2 Å². The third kappa shape index (κ3) is 5.37. The van der Waals surface area contributed by atoms with Gasteiger partial charge in [0.2, 0.25) is 0 Å². The Bertz CT molecular complexity index is 661. The van der Waals surface area contributed by atoms with Crippen LogP contribution < -0.4 is 10.6 Å². The quantitative estimate of drug-likeness (QED) is 0.866. The second kappa shape index (κ2) is 7.14. The van der Waals surface area contributed by atoms with Gasteiger partial charge in [-0.15, -0.1) is 11.3 Å². The topological polar surface area (TPSA) is 80.3 Å². The molecule has 0 aliphatic heterocycles. The van der Waals surface area contributed by atoms with Crippen LogP contribution >= 0.6 is 22.9 Å². The summed E-state index contributed by atoms with van der Waals surface area (Å²) in [4.78, 5) is 27.9. The molecule has 23 heavy (non-hydrogen) atoms. The SMILES string of the molecule is CC(C)(C)OC(=O)Nc1nc(C(=O)NC2CC=CC=C2Cl)cs1. The first-order valence-corrected chi connectivity index (χ1v) is 8.29. The number of aromatic nitrogens is 1. The van der Waals surface area contributed by atoms with Gasteiger partial charge in [-0.3, -0.25) is 10.1 Å². The standard InChI is InChI=1S/C15H18ClN3O3S/c1-15(2,3)22-14(21)19-13-18-11(8-23-13)12(20)17-10-7-5-4-6-9(10)16/h4-6,8,10H,7H2,1-3H3,(H,17,20)(H,18,19,21). The van der Waals surface area contributed by atoms with Crippen molar-refractivity contribution in [2.75, 3.05) is 5.32 Å². The number of hydrogen-bond donors (Lipinski definition) is 2. The number of hydrogen-bond acceptors (Lipinski definition) is 5. The third-order valence-corrected chi connectivity index (χ3v) is 3.89. The Morgan fingerprint density at radius 1 is 1.43 bits per heavy atom. The van der Waals surface area contributed by atoms with Gasteiger partial charge in [0, 0.05) is 10.4 Å². The zero-order chi connectivity index (χ0) is 17.0. The van der Waals surface area contributed by atoms with E-state index in [1.807, 2.05) is 12.2 Å². The summed E-state index contributed by atoms with van der Waals surface area (Å²) in [5, 5.41) is 7.74. The predicted octanol–water partition coefficient (Wildman–Crippen LogP) is 3.67. The van der Waals surface area contributed by atoms with Crippen LogP contribution in [0.5, 0.6) is 0 Å². The molecule has 2 amide bonds. The molecular formula is C15H18ClN3O3S. The molecule has 0 bridgehead atoms. The van der Waals surface area contributed by atoms with Crippen LogP contribution in [0.3, 0.4) is 0 Å². The molecule has 1 aliphatic rings. The molecule has 0 aromatic carbocycles. The number of ether oxygens (including phenoxy) is 1. The van der Waals surface area contributed by atoms with Crippen molar-refractivity contribution in [3.05, 3.63) is 34.3 Å². The molecule has 0 radical (unpaired) electrons. The van der Waals surface area contributed by atoms with Crippen molar-refractivity contribution in [3.8, 4) is 0 Å². The van der Waals surface area contributed by atoms with E-state index in [0.29, 0.717) is 16.6 Å². The van der Waals surface area contributed by atoms with Gasteiger partial charge in [0.25, 0.3) is 5.91 Å². The maximum absolute atomic E-state index is 12.2. The van der Waals surface area contributed by atoms with Gasteiger partial charge in [0.15, 0.2) is 5.13 Å². The third-order valence-electron chi connectivity index (χ3n) is 2.75. The summed E-state index contributed by atoms with van der Waals surface area (Å²) in [5.74, 6) is -0.342. The fraction of sp³-hybridized carbons (Fsp3) is 0.400. The number of carbonyl (C=O) groups excluding carboxylic acids is 2. The lowest BCUT2D eigenvalue weighted by molar-refractivity contribution is 0.0635. The van der Waals surface area contributed by atoms with Gasteiger partial charge in [-0.25, -0.2) is 9.78 Å². The number of allylic oxidation sites excluding steroid dienone is 2. The van der Waals surface area contributed by atoms with Gasteiger partial charge < -0.3 is 10.1 Å². The number of nitrogens with zero attached hydrogens (tertiary/aromatic N) is 1. The first-order valence-electron chi connectivity index (χ1n) is 7.03. The van der Waals surface area contributed by atoms with Gasteiger partial charge in [-0.05, 0) is 33.3 Å². The van der Waals surface area contributed by atoms with E-state index < -0.39 is 11.7 Å². The molecule has 1 aliphatic carbocycles. The Kier molecular flexibility index (Phi) is 5.43. The molecule has 1 aromatic rings. The molecule has 0 fully saturated rings. The molecular weight excluding hydrogens is 338 g/mol. The number of rotatable bonds is 3. The maximum atomic E-state index is 12.2. The maximum Gasteiger partial charge on any atom is 0.413 e. The predicted molar refractivity (Wildman–Crippen MR) is 90.9 cm³/mol. The van der Waals surface area contributed by atoms with Crippen LogP contribution in [0.15, 0.2) is 28.6 Å². The van der Waals surface area contributed by atoms with E-state index in [9.17, 15) is 9.59 Å². The van der Waals surface area contributed by atoms with Crippen molar-refractivity contribution in [2.24, 2.45) is 0 Å². The van der Waals surface area contributed by atoms with Crippen LogP contribution in [-0.2, 0) is 4.74 Å². The molecule has 0 saturated carbocycles. The van der Waals surface area contributed by atoms with Crippen LogP contribution in [-0.4, -0.2) is 28.6 Å². The molecule has 1 aromatic heterocycles. The summed E-state index contributed by atoms with van der Waals surface area (Å²) < 4.78 is 5.13. The lowest BCUT2D eigenvalue weighted by atomic mass is 10.1.